The van der Waals surface area contributed by atoms with Gasteiger partial charge in [-0.1, -0.05) is 36.8 Å². The highest BCUT2D eigenvalue weighted by Crippen LogP contribution is 2.20. The number of nitrogens with zero attached hydrogens (tertiary/aromatic N) is 6. The molecule has 0 atom stereocenters. The Morgan fingerprint density at radius 3 is 2.50 bits per heavy atom. The predicted octanol–water partition coefficient (Wildman–Crippen LogP) is 2.47. The summed E-state index contributed by atoms with van der Waals surface area (Å²) in [6.45, 7) is 6.21. The van der Waals surface area contributed by atoms with Crippen molar-refractivity contribution in [2.75, 3.05) is 39.3 Å². The average Bonchev–Trinajstić information content (AvgIpc) is 3.29. The van der Waals surface area contributed by atoms with Crippen LogP contribution in [0, 0.1) is 0 Å². The van der Waals surface area contributed by atoms with Crippen LogP contribution in [0.3, 0.4) is 0 Å². The van der Waals surface area contributed by atoms with Crippen LogP contribution >= 0.6 is 0 Å². The summed E-state index contributed by atoms with van der Waals surface area (Å²) in [5.74, 6) is -0.0139. The van der Waals surface area contributed by atoms with Crippen molar-refractivity contribution in [1.29, 1.82) is 0 Å². The summed E-state index contributed by atoms with van der Waals surface area (Å²) in [6.07, 6.45) is 6.56. The molecule has 2 saturated heterocycles. The smallest absolute Gasteiger partial charge is 0.291 e. The highest BCUT2D eigenvalue weighted by atomic mass is 16.2. The zero-order valence-corrected chi connectivity index (χ0v) is 18.5. The van der Waals surface area contributed by atoms with Crippen LogP contribution < -0.4 is 5.32 Å². The first kappa shape index (κ1) is 21.0. The van der Waals surface area contributed by atoms with Gasteiger partial charge in [-0.15, -0.1) is 10.2 Å². The number of carbonyl (C=O) groups excluding carboxylic acids is 1. The van der Waals surface area contributed by atoms with Crippen molar-refractivity contribution in [2.24, 2.45) is 0 Å². The van der Waals surface area contributed by atoms with E-state index in [1.54, 1.807) is 0 Å². The first-order valence-corrected chi connectivity index (χ1v) is 11.8. The Hall–Kier alpha value is -2.84. The molecule has 2 fully saturated rings. The molecule has 2 aliphatic rings. The number of rotatable bonds is 6. The first-order valence-electron chi connectivity index (χ1n) is 11.8. The van der Waals surface area contributed by atoms with E-state index in [0.717, 1.165) is 36.9 Å². The van der Waals surface area contributed by atoms with Gasteiger partial charge in [-0.3, -0.25) is 4.79 Å². The standard InChI is InChI=1S/C24H31N7O/c32-24(25-13-18-29-16-11-20(12-17-29)30-14-5-2-6-15-30)23-27-26-22-10-9-21(28-31(22)23)19-7-3-1-4-8-19/h1,3-4,7-10,20H,2,5-6,11-18H2,(H,25,32). The second-order valence-electron chi connectivity index (χ2n) is 8.80. The third-order valence-corrected chi connectivity index (χ3v) is 6.71. The molecule has 8 nitrogen and oxygen atoms in total. The fourth-order valence-corrected chi connectivity index (χ4v) is 4.89. The van der Waals surface area contributed by atoms with Crippen molar-refractivity contribution in [2.45, 2.75) is 38.1 Å². The lowest BCUT2D eigenvalue weighted by atomic mass is 10.00. The van der Waals surface area contributed by atoms with Crippen molar-refractivity contribution in [3.8, 4) is 11.3 Å². The number of fused-ring (bicyclic) bond motifs is 1. The molecule has 0 bridgehead atoms. The molecule has 1 amide bonds. The van der Waals surface area contributed by atoms with Gasteiger partial charge in [0.15, 0.2) is 5.65 Å². The molecule has 0 spiro atoms. The third kappa shape index (κ3) is 4.66. The molecule has 0 unspecified atom stereocenters. The Morgan fingerprint density at radius 1 is 0.938 bits per heavy atom. The van der Waals surface area contributed by atoms with Crippen molar-refractivity contribution in [3.63, 3.8) is 0 Å². The summed E-state index contributed by atoms with van der Waals surface area (Å²) >= 11 is 0. The molecular formula is C24H31N7O. The van der Waals surface area contributed by atoms with Gasteiger partial charge in [0.1, 0.15) is 0 Å². The van der Waals surface area contributed by atoms with Gasteiger partial charge in [0.05, 0.1) is 5.69 Å². The Morgan fingerprint density at radius 2 is 1.72 bits per heavy atom. The molecule has 2 aromatic heterocycles. The summed E-state index contributed by atoms with van der Waals surface area (Å²) in [7, 11) is 0. The number of benzene rings is 1. The number of aromatic nitrogens is 4. The summed E-state index contributed by atoms with van der Waals surface area (Å²) in [4.78, 5) is 17.9. The molecule has 168 valence electrons. The van der Waals surface area contributed by atoms with Gasteiger partial charge >= 0.3 is 0 Å². The Kier molecular flexibility index (Phi) is 6.41. The van der Waals surface area contributed by atoms with E-state index in [9.17, 15) is 4.79 Å². The SMILES string of the molecule is O=C(NCCN1CCC(N2CCCCC2)CC1)c1nnc2ccc(-c3ccccc3)nn12. The Labute approximate surface area is 188 Å². The summed E-state index contributed by atoms with van der Waals surface area (Å²) in [5, 5.41) is 15.8. The number of amides is 1. The topological polar surface area (TPSA) is 78.7 Å². The third-order valence-electron chi connectivity index (χ3n) is 6.71. The quantitative estimate of drug-likeness (QED) is 0.643. The largest absolute Gasteiger partial charge is 0.348 e. The average molecular weight is 434 g/mol. The van der Waals surface area contributed by atoms with Crippen molar-refractivity contribution in [1.82, 2.24) is 34.9 Å². The number of likely N-dealkylation sites (tertiary alicyclic amines) is 2. The monoisotopic (exact) mass is 433 g/mol. The second kappa shape index (κ2) is 9.75. The first-order chi connectivity index (χ1) is 15.8. The minimum atomic E-state index is -0.238. The van der Waals surface area contributed by atoms with Gasteiger partial charge in [-0.2, -0.15) is 9.61 Å². The highest BCUT2D eigenvalue weighted by Gasteiger charge is 2.25. The van der Waals surface area contributed by atoms with Crippen LogP contribution in [0.5, 0.6) is 0 Å². The lowest BCUT2D eigenvalue weighted by Gasteiger charge is -2.40. The van der Waals surface area contributed by atoms with E-state index < -0.39 is 0 Å². The maximum atomic E-state index is 12.8. The van der Waals surface area contributed by atoms with Gasteiger partial charge in [-0.05, 0) is 64.0 Å². The molecule has 1 N–H and O–H groups in total. The molecule has 0 radical (unpaired) electrons. The van der Waals surface area contributed by atoms with Crippen molar-refractivity contribution in [3.05, 3.63) is 48.3 Å². The molecule has 2 aliphatic heterocycles. The number of hydrogen-bond acceptors (Lipinski definition) is 6. The van der Waals surface area contributed by atoms with Gasteiger partial charge in [0.2, 0.25) is 5.82 Å². The molecule has 8 heteroatoms. The lowest BCUT2D eigenvalue weighted by molar-refractivity contribution is 0.0874. The van der Waals surface area contributed by atoms with E-state index in [0.29, 0.717) is 12.2 Å². The van der Waals surface area contributed by atoms with Crippen molar-refractivity contribution < 1.29 is 4.79 Å². The molecule has 0 saturated carbocycles. The Balaban J connectivity index is 1.15. The Bertz CT molecular complexity index is 1040. The molecule has 4 heterocycles. The van der Waals surface area contributed by atoms with Crippen molar-refractivity contribution >= 4 is 11.6 Å². The van der Waals surface area contributed by atoms with Crippen LogP contribution in [0.25, 0.3) is 16.9 Å². The fourth-order valence-electron chi connectivity index (χ4n) is 4.89. The summed E-state index contributed by atoms with van der Waals surface area (Å²) < 4.78 is 1.53. The van der Waals surface area contributed by atoms with Crippen LogP contribution in [0.2, 0.25) is 0 Å². The summed E-state index contributed by atoms with van der Waals surface area (Å²) in [6, 6.07) is 14.4. The van der Waals surface area contributed by atoms with E-state index >= 15 is 0 Å². The van der Waals surface area contributed by atoms with Gasteiger partial charge < -0.3 is 15.1 Å². The van der Waals surface area contributed by atoms with E-state index in [1.165, 1.54) is 49.7 Å². The number of carbonyl (C=O) groups is 1. The minimum absolute atomic E-state index is 0.224. The zero-order chi connectivity index (χ0) is 21.8. The normalized spacial score (nSPS) is 18.8. The molecule has 1 aromatic carbocycles. The maximum Gasteiger partial charge on any atom is 0.291 e. The second-order valence-corrected chi connectivity index (χ2v) is 8.80. The maximum absolute atomic E-state index is 12.8. The van der Waals surface area contributed by atoms with E-state index in [-0.39, 0.29) is 11.7 Å². The van der Waals surface area contributed by atoms with Crippen LogP contribution in [-0.2, 0) is 0 Å². The number of hydrogen-bond donors (Lipinski definition) is 1. The predicted molar refractivity (Wildman–Crippen MR) is 123 cm³/mol. The lowest BCUT2D eigenvalue weighted by Crippen LogP contribution is -2.48. The van der Waals surface area contributed by atoms with Crippen LogP contribution in [0.4, 0.5) is 0 Å². The molecule has 5 rings (SSSR count). The van der Waals surface area contributed by atoms with E-state index in [1.807, 2.05) is 42.5 Å². The van der Waals surface area contributed by atoms with Crippen LogP contribution in [0.1, 0.15) is 42.7 Å². The van der Waals surface area contributed by atoms with Crippen LogP contribution in [0.15, 0.2) is 42.5 Å². The van der Waals surface area contributed by atoms with Gasteiger partial charge in [-0.25, -0.2) is 0 Å². The zero-order valence-electron chi connectivity index (χ0n) is 18.5. The van der Waals surface area contributed by atoms with Gasteiger partial charge in [0.25, 0.3) is 5.91 Å². The van der Waals surface area contributed by atoms with E-state index in [2.05, 4.69) is 30.4 Å². The summed E-state index contributed by atoms with van der Waals surface area (Å²) in [5.41, 5.74) is 2.33. The fraction of sp³-hybridized carbons (Fsp3) is 0.500. The number of piperidine rings is 2. The molecule has 32 heavy (non-hydrogen) atoms. The van der Waals surface area contributed by atoms with Crippen LogP contribution in [-0.4, -0.2) is 80.8 Å². The highest BCUT2D eigenvalue weighted by molar-refractivity contribution is 5.91. The van der Waals surface area contributed by atoms with E-state index in [4.69, 9.17) is 0 Å². The molecular weight excluding hydrogens is 402 g/mol. The molecule has 3 aromatic rings. The van der Waals surface area contributed by atoms with Gasteiger partial charge in [0, 0.05) is 24.7 Å². The minimum Gasteiger partial charge on any atom is -0.348 e. The molecule has 0 aliphatic carbocycles. The number of nitrogens with one attached hydrogen (secondary N) is 1.